The third-order valence-electron chi connectivity index (χ3n) is 4.44. The number of carbonyl (C=O) groups is 1. The number of rotatable bonds is 3. The minimum atomic E-state index is 0.0349. The number of nitrogens with one attached hydrogen (secondary N) is 2. The van der Waals surface area contributed by atoms with Gasteiger partial charge in [-0.3, -0.25) is 0 Å². The van der Waals surface area contributed by atoms with Crippen molar-refractivity contribution in [1.82, 2.24) is 20.2 Å². The van der Waals surface area contributed by atoms with E-state index >= 15 is 0 Å². The van der Waals surface area contributed by atoms with Crippen molar-refractivity contribution in [2.45, 2.75) is 52.0 Å². The van der Waals surface area contributed by atoms with Gasteiger partial charge >= 0.3 is 6.03 Å². The van der Waals surface area contributed by atoms with Crippen LogP contribution in [0.25, 0.3) is 0 Å². The number of amides is 2. The van der Waals surface area contributed by atoms with Crippen molar-refractivity contribution in [3.8, 4) is 0 Å². The lowest BCUT2D eigenvalue weighted by Gasteiger charge is -2.22. The van der Waals surface area contributed by atoms with Gasteiger partial charge in [0.15, 0.2) is 0 Å². The highest BCUT2D eigenvalue weighted by molar-refractivity contribution is 5.74. The second-order valence-electron chi connectivity index (χ2n) is 6.16. The highest BCUT2D eigenvalue weighted by atomic mass is 16.2. The van der Waals surface area contributed by atoms with E-state index in [4.69, 9.17) is 0 Å². The van der Waals surface area contributed by atoms with Crippen LogP contribution in [0.3, 0.4) is 0 Å². The molecule has 2 amide bonds. The van der Waals surface area contributed by atoms with Gasteiger partial charge < -0.3 is 15.5 Å². The molecule has 1 aliphatic heterocycles. The molecule has 0 saturated carbocycles. The summed E-state index contributed by atoms with van der Waals surface area (Å²) in [6.07, 6.45) is 5.52. The SMILES string of the molecule is CCNC(=O)N1CCC(Nc2nc(C)nc3c2CCCC3)C1. The van der Waals surface area contributed by atoms with Crippen LogP contribution < -0.4 is 10.6 Å². The van der Waals surface area contributed by atoms with Crippen LogP contribution in [0.2, 0.25) is 0 Å². The smallest absolute Gasteiger partial charge is 0.317 e. The van der Waals surface area contributed by atoms with Gasteiger partial charge in [-0.05, 0) is 46.0 Å². The maximum atomic E-state index is 11.9. The van der Waals surface area contributed by atoms with Crippen molar-refractivity contribution in [2.75, 3.05) is 25.0 Å². The first-order valence-electron chi connectivity index (χ1n) is 8.33. The lowest BCUT2D eigenvalue weighted by Crippen LogP contribution is -2.39. The molecule has 3 rings (SSSR count). The summed E-state index contributed by atoms with van der Waals surface area (Å²) in [7, 11) is 0. The maximum Gasteiger partial charge on any atom is 0.317 e. The molecule has 0 radical (unpaired) electrons. The van der Waals surface area contributed by atoms with Gasteiger partial charge in [0.2, 0.25) is 0 Å². The molecule has 1 fully saturated rings. The Hall–Kier alpha value is -1.85. The molecule has 0 spiro atoms. The van der Waals surface area contributed by atoms with Crippen LogP contribution in [0.4, 0.5) is 10.6 Å². The van der Waals surface area contributed by atoms with Crippen LogP contribution in [0, 0.1) is 6.92 Å². The van der Waals surface area contributed by atoms with Crippen LogP contribution in [-0.2, 0) is 12.8 Å². The van der Waals surface area contributed by atoms with Crippen molar-refractivity contribution in [1.29, 1.82) is 0 Å². The van der Waals surface area contributed by atoms with Gasteiger partial charge in [-0.1, -0.05) is 0 Å². The number of likely N-dealkylation sites (tertiary alicyclic amines) is 1. The van der Waals surface area contributed by atoms with E-state index in [0.29, 0.717) is 6.54 Å². The first kappa shape index (κ1) is 15.1. The highest BCUT2D eigenvalue weighted by Crippen LogP contribution is 2.27. The van der Waals surface area contributed by atoms with Gasteiger partial charge in [-0.25, -0.2) is 14.8 Å². The third-order valence-corrected chi connectivity index (χ3v) is 4.44. The number of carbonyl (C=O) groups excluding carboxylic acids is 1. The molecular weight excluding hydrogens is 278 g/mol. The topological polar surface area (TPSA) is 70.2 Å². The van der Waals surface area contributed by atoms with Crippen molar-refractivity contribution < 1.29 is 4.79 Å². The van der Waals surface area contributed by atoms with Crippen LogP contribution in [0.15, 0.2) is 0 Å². The molecule has 1 saturated heterocycles. The van der Waals surface area contributed by atoms with Gasteiger partial charge in [-0.2, -0.15) is 0 Å². The van der Waals surface area contributed by atoms with Crippen LogP contribution in [-0.4, -0.2) is 46.6 Å². The number of aryl methyl sites for hydroxylation is 2. The second kappa shape index (κ2) is 6.50. The molecule has 2 aliphatic rings. The van der Waals surface area contributed by atoms with Crippen molar-refractivity contribution in [3.63, 3.8) is 0 Å². The molecule has 2 N–H and O–H groups in total. The predicted molar refractivity (Wildman–Crippen MR) is 86.1 cm³/mol. The summed E-state index contributed by atoms with van der Waals surface area (Å²) < 4.78 is 0. The average Bonchev–Trinajstić information content (AvgIpc) is 2.96. The standard InChI is InChI=1S/C16H25N5O/c1-3-17-16(22)21-9-8-12(10-21)20-15-13-6-4-5-7-14(13)18-11(2)19-15/h12H,3-10H2,1-2H3,(H,17,22)(H,18,19,20). The fraction of sp³-hybridized carbons (Fsp3) is 0.688. The lowest BCUT2D eigenvalue weighted by molar-refractivity contribution is 0.209. The number of aromatic nitrogens is 2. The molecule has 0 bridgehead atoms. The fourth-order valence-electron chi connectivity index (χ4n) is 3.36. The zero-order valence-corrected chi connectivity index (χ0v) is 13.5. The van der Waals surface area contributed by atoms with E-state index in [1.165, 1.54) is 24.1 Å². The molecule has 1 unspecified atom stereocenters. The fourth-order valence-corrected chi connectivity index (χ4v) is 3.36. The zero-order valence-electron chi connectivity index (χ0n) is 13.5. The van der Waals surface area contributed by atoms with E-state index in [1.807, 2.05) is 18.7 Å². The Morgan fingerprint density at radius 2 is 2.14 bits per heavy atom. The summed E-state index contributed by atoms with van der Waals surface area (Å²) in [6.45, 7) is 6.11. The summed E-state index contributed by atoms with van der Waals surface area (Å²) in [6, 6.07) is 0.315. The predicted octanol–water partition coefficient (Wildman–Crippen LogP) is 1.88. The summed E-state index contributed by atoms with van der Waals surface area (Å²) >= 11 is 0. The molecule has 22 heavy (non-hydrogen) atoms. The number of hydrogen-bond acceptors (Lipinski definition) is 4. The molecular formula is C16H25N5O. The lowest BCUT2D eigenvalue weighted by atomic mass is 9.96. The molecule has 1 aromatic rings. The van der Waals surface area contributed by atoms with E-state index < -0.39 is 0 Å². The number of anilines is 1. The maximum absolute atomic E-state index is 11.9. The van der Waals surface area contributed by atoms with Crippen LogP contribution in [0.1, 0.15) is 43.3 Å². The van der Waals surface area contributed by atoms with Crippen LogP contribution >= 0.6 is 0 Å². The summed E-state index contributed by atoms with van der Waals surface area (Å²) in [5.41, 5.74) is 2.49. The highest BCUT2D eigenvalue weighted by Gasteiger charge is 2.27. The summed E-state index contributed by atoms with van der Waals surface area (Å²) in [5, 5.41) is 6.43. The zero-order chi connectivity index (χ0) is 15.5. The van der Waals surface area contributed by atoms with Gasteiger partial charge in [-0.15, -0.1) is 0 Å². The van der Waals surface area contributed by atoms with Gasteiger partial charge in [0.05, 0.1) is 0 Å². The molecule has 6 nitrogen and oxygen atoms in total. The molecule has 120 valence electrons. The minimum Gasteiger partial charge on any atom is -0.365 e. The first-order valence-corrected chi connectivity index (χ1v) is 8.33. The Bertz CT molecular complexity index is 560. The monoisotopic (exact) mass is 303 g/mol. The van der Waals surface area contributed by atoms with Crippen LogP contribution in [0.5, 0.6) is 0 Å². The Morgan fingerprint density at radius 1 is 1.32 bits per heavy atom. The van der Waals surface area contributed by atoms with Crippen molar-refractivity contribution in [3.05, 3.63) is 17.1 Å². The number of hydrogen-bond donors (Lipinski definition) is 2. The second-order valence-corrected chi connectivity index (χ2v) is 6.16. The number of urea groups is 1. The van der Waals surface area contributed by atoms with Gasteiger partial charge in [0, 0.05) is 36.9 Å². The normalized spacial score (nSPS) is 20.6. The first-order chi connectivity index (χ1) is 10.7. The van der Waals surface area contributed by atoms with E-state index in [9.17, 15) is 4.79 Å². The molecule has 2 heterocycles. The van der Waals surface area contributed by atoms with E-state index in [-0.39, 0.29) is 12.1 Å². The summed E-state index contributed by atoms with van der Waals surface area (Å²) in [4.78, 5) is 23.0. The molecule has 0 aromatic carbocycles. The molecule has 1 aliphatic carbocycles. The summed E-state index contributed by atoms with van der Waals surface area (Å²) in [5.74, 6) is 1.83. The van der Waals surface area contributed by atoms with E-state index in [1.54, 1.807) is 0 Å². The Morgan fingerprint density at radius 3 is 2.95 bits per heavy atom. The van der Waals surface area contributed by atoms with E-state index in [0.717, 1.165) is 44.0 Å². The van der Waals surface area contributed by atoms with E-state index in [2.05, 4.69) is 20.6 Å². The number of fused-ring (bicyclic) bond motifs is 1. The Balaban J connectivity index is 1.69. The average molecular weight is 303 g/mol. The van der Waals surface area contributed by atoms with Crippen molar-refractivity contribution in [2.24, 2.45) is 0 Å². The van der Waals surface area contributed by atoms with Crippen molar-refractivity contribution >= 4 is 11.8 Å². The number of nitrogens with zero attached hydrogens (tertiary/aromatic N) is 3. The minimum absolute atomic E-state index is 0.0349. The Kier molecular flexibility index (Phi) is 4.45. The van der Waals surface area contributed by atoms with Gasteiger partial charge in [0.25, 0.3) is 0 Å². The molecule has 6 heteroatoms. The Labute approximate surface area is 131 Å². The quantitative estimate of drug-likeness (QED) is 0.894. The molecule has 1 aromatic heterocycles. The molecule has 1 atom stereocenters. The largest absolute Gasteiger partial charge is 0.365 e. The third kappa shape index (κ3) is 3.15. The van der Waals surface area contributed by atoms with Gasteiger partial charge in [0.1, 0.15) is 11.6 Å².